The van der Waals surface area contributed by atoms with E-state index in [1.165, 1.54) is 6.92 Å². The quantitative estimate of drug-likeness (QED) is 0.721. The molecule has 18 heavy (non-hydrogen) atoms. The van der Waals surface area contributed by atoms with Crippen molar-refractivity contribution < 1.29 is 18.6 Å². The number of sulfonamides is 1. The van der Waals surface area contributed by atoms with Crippen LogP contribution in [0.2, 0.25) is 0 Å². The van der Waals surface area contributed by atoms with Crippen LogP contribution in [0.4, 0.5) is 0 Å². The number of aliphatic hydroxyl groups excluding tert-OH is 1. The van der Waals surface area contributed by atoms with Gasteiger partial charge in [-0.3, -0.25) is 0 Å². The third-order valence-electron chi connectivity index (χ3n) is 2.49. The fraction of sp³-hybridized carbons (Fsp3) is 0.500. The molecule has 0 aliphatic carbocycles. The molecule has 0 heterocycles. The minimum absolute atomic E-state index is 0.161. The molecule has 5 nitrogen and oxygen atoms in total. The molecule has 0 aliphatic heterocycles. The van der Waals surface area contributed by atoms with Gasteiger partial charge in [-0.05, 0) is 44.0 Å². The normalized spacial score (nSPS) is 15.4. The molecule has 0 spiro atoms. The second kappa shape index (κ2) is 5.36. The highest BCUT2D eigenvalue weighted by Crippen LogP contribution is 2.14. The van der Waals surface area contributed by atoms with Crippen molar-refractivity contribution in [1.29, 1.82) is 0 Å². The third-order valence-corrected chi connectivity index (χ3v) is 3.87. The number of nitrogens with one attached hydrogen (secondary N) is 1. The van der Waals surface area contributed by atoms with Crippen molar-refractivity contribution in [2.75, 3.05) is 13.2 Å². The van der Waals surface area contributed by atoms with Crippen molar-refractivity contribution >= 4 is 10.0 Å². The van der Waals surface area contributed by atoms with Crippen LogP contribution in [0.25, 0.3) is 0 Å². The first-order valence-corrected chi connectivity index (χ1v) is 7.06. The predicted octanol–water partition coefficient (Wildman–Crippen LogP) is 0.325. The maximum absolute atomic E-state index is 12.0. The van der Waals surface area contributed by atoms with E-state index < -0.39 is 22.2 Å². The van der Waals surface area contributed by atoms with E-state index in [-0.39, 0.29) is 11.4 Å². The Morgan fingerprint density at radius 2 is 1.72 bits per heavy atom. The largest absolute Gasteiger partial charge is 0.393 e. The Morgan fingerprint density at radius 3 is 2.17 bits per heavy atom. The fourth-order valence-electron chi connectivity index (χ4n) is 1.48. The molecule has 0 amide bonds. The van der Waals surface area contributed by atoms with Crippen molar-refractivity contribution in [3.63, 3.8) is 0 Å². The number of rotatable bonds is 5. The summed E-state index contributed by atoms with van der Waals surface area (Å²) < 4.78 is 26.3. The van der Waals surface area contributed by atoms with Gasteiger partial charge in [0.25, 0.3) is 0 Å². The van der Waals surface area contributed by atoms with Crippen LogP contribution in [0.1, 0.15) is 18.1 Å². The second-order valence-electron chi connectivity index (χ2n) is 4.80. The molecule has 1 unspecified atom stereocenters. The molecule has 1 aromatic carbocycles. The summed E-state index contributed by atoms with van der Waals surface area (Å²) in [5, 5.41) is 18.4. The summed E-state index contributed by atoms with van der Waals surface area (Å²) in [6.45, 7) is 4.24. The standard InChI is InChI=1S/C12H19NO4S/c1-9-4-10(2)6-11(5-9)18(16,17)13-7-12(3,15)8-14/h4-6,13-15H,7-8H2,1-3H3. The first-order valence-electron chi connectivity index (χ1n) is 5.57. The Hall–Kier alpha value is -0.950. The second-order valence-corrected chi connectivity index (χ2v) is 6.57. The lowest BCUT2D eigenvalue weighted by Crippen LogP contribution is -2.43. The summed E-state index contributed by atoms with van der Waals surface area (Å²) in [6.07, 6.45) is 0. The smallest absolute Gasteiger partial charge is 0.240 e. The van der Waals surface area contributed by atoms with Crippen LogP contribution in [0, 0.1) is 13.8 Å². The van der Waals surface area contributed by atoms with Crippen LogP contribution in [-0.2, 0) is 10.0 Å². The van der Waals surface area contributed by atoms with Crippen molar-refractivity contribution in [3.05, 3.63) is 29.3 Å². The van der Waals surface area contributed by atoms with Gasteiger partial charge in [-0.15, -0.1) is 0 Å². The summed E-state index contributed by atoms with van der Waals surface area (Å²) in [6, 6.07) is 4.99. The van der Waals surface area contributed by atoms with Crippen LogP contribution in [0.3, 0.4) is 0 Å². The Labute approximate surface area is 108 Å². The van der Waals surface area contributed by atoms with Gasteiger partial charge in [0.15, 0.2) is 0 Å². The van der Waals surface area contributed by atoms with E-state index in [2.05, 4.69) is 4.72 Å². The average molecular weight is 273 g/mol. The van der Waals surface area contributed by atoms with Gasteiger partial charge >= 0.3 is 0 Å². The van der Waals surface area contributed by atoms with Gasteiger partial charge in [0.2, 0.25) is 10.0 Å². The molecule has 1 atom stereocenters. The lowest BCUT2D eigenvalue weighted by atomic mass is 10.1. The Kier molecular flexibility index (Phi) is 4.50. The van der Waals surface area contributed by atoms with Crippen molar-refractivity contribution in [2.45, 2.75) is 31.3 Å². The highest BCUT2D eigenvalue weighted by atomic mass is 32.2. The third kappa shape index (κ3) is 4.06. The van der Waals surface area contributed by atoms with Gasteiger partial charge in [0.1, 0.15) is 0 Å². The fourth-order valence-corrected chi connectivity index (χ4v) is 2.83. The van der Waals surface area contributed by atoms with Crippen LogP contribution in [0.5, 0.6) is 0 Å². The van der Waals surface area contributed by atoms with Crippen LogP contribution >= 0.6 is 0 Å². The predicted molar refractivity (Wildman–Crippen MR) is 68.8 cm³/mol. The molecule has 0 bridgehead atoms. The molecule has 3 N–H and O–H groups in total. The first kappa shape index (κ1) is 15.1. The molecule has 1 aromatic rings. The van der Waals surface area contributed by atoms with Gasteiger partial charge < -0.3 is 10.2 Å². The van der Waals surface area contributed by atoms with Gasteiger partial charge in [-0.1, -0.05) is 6.07 Å². The first-order chi connectivity index (χ1) is 8.16. The molecule has 0 aromatic heterocycles. The summed E-state index contributed by atoms with van der Waals surface area (Å²) in [4.78, 5) is 0.161. The van der Waals surface area contributed by atoms with Crippen molar-refractivity contribution in [2.24, 2.45) is 0 Å². The van der Waals surface area contributed by atoms with Gasteiger partial charge in [-0.2, -0.15) is 0 Å². The summed E-state index contributed by atoms with van der Waals surface area (Å²) >= 11 is 0. The molecule has 102 valence electrons. The zero-order chi connectivity index (χ0) is 14.0. The Balaban J connectivity index is 2.93. The number of aryl methyl sites for hydroxylation is 2. The molecule has 0 fully saturated rings. The van der Waals surface area contributed by atoms with Crippen LogP contribution in [-0.4, -0.2) is 37.4 Å². The van der Waals surface area contributed by atoms with E-state index in [1.807, 2.05) is 19.9 Å². The summed E-state index contributed by atoms with van der Waals surface area (Å²) in [7, 11) is -3.67. The molecule has 0 saturated carbocycles. The number of benzene rings is 1. The number of hydrogen-bond donors (Lipinski definition) is 3. The van der Waals surface area contributed by atoms with E-state index in [1.54, 1.807) is 12.1 Å². The van der Waals surface area contributed by atoms with E-state index in [0.717, 1.165) is 11.1 Å². The highest BCUT2D eigenvalue weighted by Gasteiger charge is 2.23. The van der Waals surface area contributed by atoms with E-state index in [0.29, 0.717) is 0 Å². The Bertz CT molecular complexity index is 503. The van der Waals surface area contributed by atoms with E-state index in [4.69, 9.17) is 5.11 Å². The highest BCUT2D eigenvalue weighted by molar-refractivity contribution is 7.89. The molecule has 0 aliphatic rings. The maximum atomic E-state index is 12.0. The van der Waals surface area contributed by atoms with Crippen LogP contribution < -0.4 is 4.72 Å². The number of aliphatic hydroxyl groups is 2. The van der Waals surface area contributed by atoms with Crippen LogP contribution in [0.15, 0.2) is 23.1 Å². The lowest BCUT2D eigenvalue weighted by molar-refractivity contribution is 0.00681. The summed E-state index contributed by atoms with van der Waals surface area (Å²) in [5.41, 5.74) is 0.236. The molecule has 0 saturated heterocycles. The molecule has 6 heteroatoms. The molecular formula is C12H19NO4S. The molecule has 0 radical (unpaired) electrons. The molecule has 1 rings (SSSR count). The van der Waals surface area contributed by atoms with Gasteiger partial charge in [0.05, 0.1) is 17.1 Å². The average Bonchev–Trinajstić information content (AvgIpc) is 2.25. The zero-order valence-corrected chi connectivity index (χ0v) is 11.6. The van der Waals surface area contributed by atoms with Gasteiger partial charge in [0, 0.05) is 6.54 Å². The van der Waals surface area contributed by atoms with Crippen molar-refractivity contribution in [1.82, 2.24) is 4.72 Å². The minimum atomic E-state index is -3.67. The minimum Gasteiger partial charge on any atom is -0.393 e. The monoisotopic (exact) mass is 273 g/mol. The lowest BCUT2D eigenvalue weighted by Gasteiger charge is -2.20. The van der Waals surface area contributed by atoms with E-state index in [9.17, 15) is 13.5 Å². The summed E-state index contributed by atoms with van der Waals surface area (Å²) in [5.74, 6) is 0. The zero-order valence-electron chi connectivity index (χ0n) is 10.8. The van der Waals surface area contributed by atoms with E-state index >= 15 is 0 Å². The maximum Gasteiger partial charge on any atom is 0.240 e. The van der Waals surface area contributed by atoms with Gasteiger partial charge in [-0.25, -0.2) is 13.1 Å². The SMILES string of the molecule is Cc1cc(C)cc(S(=O)(=O)NCC(C)(O)CO)c1. The van der Waals surface area contributed by atoms with Crippen molar-refractivity contribution in [3.8, 4) is 0 Å². The molecular weight excluding hydrogens is 254 g/mol. The number of hydrogen-bond acceptors (Lipinski definition) is 4. The topological polar surface area (TPSA) is 86.6 Å². The Morgan fingerprint density at radius 1 is 1.22 bits per heavy atom.